The van der Waals surface area contributed by atoms with Gasteiger partial charge in [0.2, 0.25) is 11.8 Å². The number of hydrogen-bond donors (Lipinski definition) is 1. The number of hydroxylamine groups is 1. The Balaban J connectivity index is 2.09. The van der Waals surface area contributed by atoms with Crippen molar-refractivity contribution >= 4 is 17.5 Å². The number of hydrogen-bond acceptors (Lipinski definition) is 5. The van der Waals surface area contributed by atoms with Crippen LogP contribution in [0.15, 0.2) is 42.5 Å². The first kappa shape index (κ1) is 21.6. The lowest BCUT2D eigenvalue weighted by Crippen LogP contribution is -2.48. The lowest BCUT2D eigenvalue weighted by molar-refractivity contribution is -0.140. The molecule has 0 radical (unpaired) electrons. The van der Waals surface area contributed by atoms with E-state index in [1.54, 1.807) is 32.1 Å². The Hall–Kier alpha value is -3.06. The maximum absolute atomic E-state index is 13.0. The van der Waals surface area contributed by atoms with Crippen molar-refractivity contribution in [2.45, 2.75) is 32.7 Å². The van der Waals surface area contributed by atoms with Crippen LogP contribution in [0.25, 0.3) is 0 Å². The number of benzene rings is 2. The highest BCUT2D eigenvalue weighted by Crippen LogP contribution is 2.42. The van der Waals surface area contributed by atoms with E-state index in [1.165, 1.54) is 0 Å². The number of carbonyl (C=O) groups excluding carboxylic acids is 2. The van der Waals surface area contributed by atoms with E-state index in [-0.39, 0.29) is 18.2 Å². The van der Waals surface area contributed by atoms with Gasteiger partial charge in [0.15, 0.2) is 11.5 Å². The number of aryl methyl sites for hydroxylation is 1. The molecule has 2 aromatic rings. The molecule has 7 heteroatoms. The number of methoxy groups -OCH3 is 2. The fraction of sp³-hybridized carbons (Fsp3) is 0.391. The fourth-order valence-electron chi connectivity index (χ4n) is 3.81. The van der Waals surface area contributed by atoms with Crippen molar-refractivity contribution in [3.05, 3.63) is 53.6 Å². The number of nitrogens with one attached hydrogen (secondary N) is 1. The third-order valence-corrected chi connectivity index (χ3v) is 5.31. The second-order valence-electron chi connectivity index (χ2n) is 7.20. The van der Waals surface area contributed by atoms with Gasteiger partial charge >= 0.3 is 0 Å². The zero-order valence-corrected chi connectivity index (χ0v) is 17.8. The third kappa shape index (κ3) is 4.41. The average molecular weight is 412 g/mol. The molecule has 0 spiro atoms. The highest BCUT2D eigenvalue weighted by molar-refractivity contribution is 5.97. The van der Waals surface area contributed by atoms with E-state index in [0.29, 0.717) is 24.5 Å². The van der Waals surface area contributed by atoms with Gasteiger partial charge in [-0.15, -0.1) is 0 Å². The van der Waals surface area contributed by atoms with Gasteiger partial charge in [-0.3, -0.25) is 14.4 Å². The van der Waals surface area contributed by atoms with Crippen LogP contribution in [0.5, 0.6) is 11.5 Å². The van der Waals surface area contributed by atoms with Crippen LogP contribution in [0, 0.1) is 12.8 Å². The molecule has 0 saturated carbocycles. The molecule has 160 valence electrons. The second-order valence-corrected chi connectivity index (χ2v) is 7.20. The molecular weight excluding hydrogens is 384 g/mol. The first-order valence-corrected chi connectivity index (χ1v) is 10.0. The summed E-state index contributed by atoms with van der Waals surface area (Å²) >= 11 is 0. The third-order valence-electron chi connectivity index (χ3n) is 5.31. The van der Waals surface area contributed by atoms with E-state index in [4.69, 9.17) is 14.3 Å². The lowest BCUT2D eigenvalue weighted by atomic mass is 9.83. The SMILES string of the molecule is CCONC(=O)[C@H]1CCC(=O)N(c2ccc(C)cc2)[C@@H]1c1ccc(OC)c(OC)c1. The predicted octanol–water partition coefficient (Wildman–Crippen LogP) is 3.56. The number of piperidine rings is 1. The molecular formula is C23H28N2O5. The minimum Gasteiger partial charge on any atom is -0.493 e. The van der Waals surface area contributed by atoms with Crippen molar-refractivity contribution in [2.24, 2.45) is 5.92 Å². The van der Waals surface area contributed by atoms with Gasteiger partial charge in [-0.1, -0.05) is 23.8 Å². The molecule has 0 aliphatic carbocycles. The molecule has 3 rings (SSSR count). The van der Waals surface area contributed by atoms with Crippen molar-refractivity contribution in [1.82, 2.24) is 5.48 Å². The standard InChI is InChI=1S/C23H28N2O5/c1-5-30-24-23(27)18-11-13-21(26)25(17-9-6-15(2)7-10-17)22(18)16-8-12-19(28-3)20(14-16)29-4/h6-10,12,14,18,22H,5,11,13H2,1-4H3,(H,24,27)/t18-,22+/m0/s1. The quantitative estimate of drug-likeness (QED) is 0.704. The van der Waals surface area contributed by atoms with Crippen LogP contribution in [0.3, 0.4) is 0 Å². The number of ether oxygens (including phenoxy) is 2. The van der Waals surface area contributed by atoms with Gasteiger partial charge in [0, 0.05) is 12.1 Å². The Kier molecular flexibility index (Phi) is 6.95. The topological polar surface area (TPSA) is 77.1 Å². The molecule has 1 saturated heterocycles. The molecule has 7 nitrogen and oxygen atoms in total. The molecule has 1 aliphatic rings. The minimum atomic E-state index is -0.505. The zero-order valence-electron chi connectivity index (χ0n) is 17.8. The molecule has 1 aliphatic heterocycles. The smallest absolute Gasteiger partial charge is 0.249 e. The number of anilines is 1. The maximum Gasteiger partial charge on any atom is 0.249 e. The molecule has 0 aromatic heterocycles. The van der Waals surface area contributed by atoms with Gasteiger partial charge in [-0.05, 0) is 50.1 Å². The fourth-order valence-corrected chi connectivity index (χ4v) is 3.81. The summed E-state index contributed by atoms with van der Waals surface area (Å²) in [6.45, 7) is 4.15. The summed E-state index contributed by atoms with van der Waals surface area (Å²) in [7, 11) is 3.13. The Morgan fingerprint density at radius 2 is 1.80 bits per heavy atom. The highest BCUT2D eigenvalue weighted by Gasteiger charge is 2.42. The van der Waals surface area contributed by atoms with Crippen molar-refractivity contribution in [3.8, 4) is 11.5 Å². The van der Waals surface area contributed by atoms with Crippen molar-refractivity contribution in [2.75, 3.05) is 25.7 Å². The molecule has 2 atom stereocenters. The van der Waals surface area contributed by atoms with Crippen LogP contribution >= 0.6 is 0 Å². The van der Waals surface area contributed by atoms with Gasteiger partial charge in [0.05, 0.1) is 32.8 Å². The summed E-state index contributed by atoms with van der Waals surface area (Å²) in [5.74, 6) is 0.371. The van der Waals surface area contributed by atoms with Crippen LogP contribution in [-0.2, 0) is 14.4 Å². The summed E-state index contributed by atoms with van der Waals surface area (Å²) in [5.41, 5.74) is 5.15. The lowest BCUT2D eigenvalue weighted by Gasteiger charge is -2.40. The predicted molar refractivity (Wildman–Crippen MR) is 113 cm³/mol. The summed E-state index contributed by atoms with van der Waals surface area (Å²) in [6, 6.07) is 12.7. The van der Waals surface area contributed by atoms with Crippen LogP contribution in [-0.4, -0.2) is 32.6 Å². The van der Waals surface area contributed by atoms with E-state index in [1.807, 2.05) is 43.3 Å². The van der Waals surface area contributed by atoms with E-state index in [9.17, 15) is 9.59 Å². The zero-order chi connectivity index (χ0) is 21.7. The molecule has 1 fully saturated rings. The van der Waals surface area contributed by atoms with Gasteiger partial charge in [-0.25, -0.2) is 5.48 Å². The van der Waals surface area contributed by atoms with Crippen LogP contribution in [0.2, 0.25) is 0 Å². The van der Waals surface area contributed by atoms with Gasteiger partial charge in [0.1, 0.15) is 0 Å². The highest BCUT2D eigenvalue weighted by atomic mass is 16.6. The Bertz CT molecular complexity index is 897. The second kappa shape index (κ2) is 9.63. The molecule has 1 N–H and O–H groups in total. The van der Waals surface area contributed by atoms with E-state index >= 15 is 0 Å². The molecule has 0 unspecified atom stereocenters. The molecule has 30 heavy (non-hydrogen) atoms. The Labute approximate surface area is 176 Å². The number of amides is 2. The number of carbonyl (C=O) groups is 2. The maximum atomic E-state index is 13.0. The molecule has 2 aromatic carbocycles. The van der Waals surface area contributed by atoms with Gasteiger partial charge < -0.3 is 14.4 Å². The largest absolute Gasteiger partial charge is 0.493 e. The van der Waals surface area contributed by atoms with Crippen molar-refractivity contribution in [1.29, 1.82) is 0 Å². The number of nitrogens with zero attached hydrogens (tertiary/aromatic N) is 1. The monoisotopic (exact) mass is 412 g/mol. The van der Waals surface area contributed by atoms with E-state index in [0.717, 1.165) is 16.8 Å². The number of rotatable bonds is 7. The molecule has 1 heterocycles. The summed E-state index contributed by atoms with van der Waals surface area (Å²) in [4.78, 5) is 32.8. The van der Waals surface area contributed by atoms with Gasteiger partial charge in [-0.2, -0.15) is 0 Å². The van der Waals surface area contributed by atoms with E-state index in [2.05, 4.69) is 5.48 Å². The minimum absolute atomic E-state index is 0.0286. The normalized spacial score (nSPS) is 18.8. The molecule has 2 amide bonds. The molecule has 0 bridgehead atoms. The van der Waals surface area contributed by atoms with Crippen LogP contribution in [0.1, 0.15) is 36.9 Å². The van der Waals surface area contributed by atoms with Crippen LogP contribution in [0.4, 0.5) is 5.69 Å². The Morgan fingerprint density at radius 1 is 1.10 bits per heavy atom. The van der Waals surface area contributed by atoms with Crippen molar-refractivity contribution < 1.29 is 23.9 Å². The van der Waals surface area contributed by atoms with Crippen LogP contribution < -0.4 is 19.9 Å². The summed E-state index contributed by atoms with van der Waals surface area (Å²) in [5, 5.41) is 0. The van der Waals surface area contributed by atoms with Gasteiger partial charge in [0.25, 0.3) is 0 Å². The first-order valence-electron chi connectivity index (χ1n) is 10.0. The van der Waals surface area contributed by atoms with Crippen molar-refractivity contribution in [3.63, 3.8) is 0 Å². The first-order chi connectivity index (χ1) is 14.5. The summed E-state index contributed by atoms with van der Waals surface area (Å²) in [6.07, 6.45) is 0.709. The Morgan fingerprint density at radius 3 is 2.43 bits per heavy atom. The van der Waals surface area contributed by atoms with E-state index < -0.39 is 12.0 Å². The average Bonchev–Trinajstić information content (AvgIpc) is 2.77. The summed E-state index contributed by atoms with van der Waals surface area (Å²) < 4.78 is 10.8.